The molecule has 2 heterocycles. The van der Waals surface area contributed by atoms with Crippen LogP contribution in [0.5, 0.6) is 5.75 Å². The van der Waals surface area contributed by atoms with Crippen LogP contribution in [0.25, 0.3) is 10.9 Å². The van der Waals surface area contributed by atoms with Crippen molar-refractivity contribution in [2.24, 2.45) is 0 Å². The Morgan fingerprint density at radius 1 is 1.19 bits per heavy atom. The SMILES string of the molecule is CN1CCC1.COc1ccc(C)c(C(=O)NC2(c3cc(Cl)cc4ncccc34)CC2)c1. The number of likely N-dealkylation sites (tertiary alicyclic amines) is 1. The van der Waals surface area contributed by atoms with Gasteiger partial charge in [0.05, 0.1) is 18.2 Å². The van der Waals surface area contributed by atoms with Crippen molar-refractivity contribution in [3.63, 3.8) is 0 Å². The fourth-order valence-electron chi connectivity index (χ4n) is 3.86. The third-order valence-corrected chi connectivity index (χ3v) is 6.29. The van der Waals surface area contributed by atoms with Gasteiger partial charge in [0.15, 0.2) is 0 Å². The highest BCUT2D eigenvalue weighted by molar-refractivity contribution is 6.31. The summed E-state index contributed by atoms with van der Waals surface area (Å²) in [4.78, 5) is 19.7. The molecule has 5 rings (SSSR count). The van der Waals surface area contributed by atoms with Crippen LogP contribution in [0.1, 0.15) is 40.7 Å². The number of fused-ring (bicyclic) bond motifs is 1. The molecule has 1 saturated heterocycles. The summed E-state index contributed by atoms with van der Waals surface area (Å²) in [5.74, 6) is 0.568. The second kappa shape index (κ2) is 8.85. The molecule has 0 atom stereocenters. The van der Waals surface area contributed by atoms with Gasteiger partial charge in [-0.2, -0.15) is 0 Å². The first-order valence-corrected chi connectivity index (χ1v) is 11.0. The first-order chi connectivity index (χ1) is 14.9. The van der Waals surface area contributed by atoms with Gasteiger partial charge < -0.3 is 15.0 Å². The fourth-order valence-corrected chi connectivity index (χ4v) is 4.07. The number of aryl methyl sites for hydroxylation is 1. The summed E-state index contributed by atoms with van der Waals surface area (Å²) in [6, 6.07) is 13.3. The molecule has 3 aromatic rings. The summed E-state index contributed by atoms with van der Waals surface area (Å²) in [5, 5.41) is 4.88. The summed E-state index contributed by atoms with van der Waals surface area (Å²) in [7, 11) is 3.74. The Balaban J connectivity index is 0.000000407. The molecule has 2 aliphatic rings. The molecule has 31 heavy (non-hydrogen) atoms. The quantitative estimate of drug-likeness (QED) is 0.627. The average Bonchev–Trinajstić information content (AvgIpc) is 3.52. The van der Waals surface area contributed by atoms with Crippen molar-refractivity contribution in [3.8, 4) is 5.75 Å². The molecule has 1 N–H and O–H groups in total. The minimum absolute atomic E-state index is 0.101. The number of rotatable bonds is 4. The van der Waals surface area contributed by atoms with Crippen LogP contribution in [-0.4, -0.2) is 43.0 Å². The van der Waals surface area contributed by atoms with Gasteiger partial charge in [-0.1, -0.05) is 23.7 Å². The zero-order valence-corrected chi connectivity index (χ0v) is 19.0. The van der Waals surface area contributed by atoms with Crippen LogP contribution in [0, 0.1) is 6.92 Å². The minimum Gasteiger partial charge on any atom is -0.497 e. The normalized spacial score (nSPS) is 16.6. The standard InChI is InChI=1S/C21H19ClN2O2.C4H9N/c1-13-5-6-15(26-2)12-17(13)20(25)24-21(7-8-21)18-10-14(22)11-19-16(18)4-3-9-23-19;1-5-3-2-4-5/h3-6,9-12H,7-8H2,1-2H3,(H,24,25);2-4H2,1H3. The van der Waals surface area contributed by atoms with E-state index in [-0.39, 0.29) is 5.91 Å². The molecule has 1 saturated carbocycles. The topological polar surface area (TPSA) is 54.5 Å². The molecule has 0 bridgehead atoms. The van der Waals surface area contributed by atoms with Gasteiger partial charge in [0.2, 0.25) is 0 Å². The third kappa shape index (κ3) is 4.68. The number of carbonyl (C=O) groups is 1. The highest BCUT2D eigenvalue weighted by Gasteiger charge is 2.47. The zero-order valence-electron chi connectivity index (χ0n) is 18.2. The van der Waals surface area contributed by atoms with Gasteiger partial charge in [0, 0.05) is 22.2 Å². The number of ether oxygens (including phenoxy) is 1. The Morgan fingerprint density at radius 3 is 2.55 bits per heavy atom. The summed E-state index contributed by atoms with van der Waals surface area (Å²) in [6.45, 7) is 4.56. The van der Waals surface area contributed by atoms with Crippen molar-refractivity contribution >= 4 is 28.4 Å². The van der Waals surface area contributed by atoms with Crippen LogP contribution >= 0.6 is 11.6 Å². The largest absolute Gasteiger partial charge is 0.497 e. The molecule has 1 aliphatic heterocycles. The lowest BCUT2D eigenvalue weighted by Gasteiger charge is -2.24. The van der Waals surface area contributed by atoms with E-state index in [9.17, 15) is 4.79 Å². The van der Waals surface area contributed by atoms with E-state index in [4.69, 9.17) is 16.3 Å². The number of benzene rings is 2. The molecule has 2 aromatic carbocycles. The van der Waals surface area contributed by atoms with E-state index in [2.05, 4.69) is 22.2 Å². The molecule has 6 heteroatoms. The Kier molecular flexibility index (Phi) is 6.17. The lowest BCUT2D eigenvalue weighted by molar-refractivity contribution is 0.0930. The summed E-state index contributed by atoms with van der Waals surface area (Å²) < 4.78 is 5.26. The van der Waals surface area contributed by atoms with Gasteiger partial charge in [-0.25, -0.2) is 0 Å². The number of hydrogen-bond donors (Lipinski definition) is 1. The maximum atomic E-state index is 13.0. The van der Waals surface area contributed by atoms with Gasteiger partial charge in [-0.3, -0.25) is 9.78 Å². The predicted molar refractivity (Wildman–Crippen MR) is 125 cm³/mol. The Hall–Kier alpha value is -2.63. The van der Waals surface area contributed by atoms with E-state index in [1.165, 1.54) is 19.5 Å². The number of pyridine rings is 1. The highest BCUT2D eigenvalue weighted by atomic mass is 35.5. The second-order valence-electron chi connectivity index (χ2n) is 8.40. The second-order valence-corrected chi connectivity index (χ2v) is 8.83. The first kappa shape index (κ1) is 21.6. The van der Waals surface area contributed by atoms with E-state index in [0.717, 1.165) is 34.9 Å². The summed E-state index contributed by atoms with van der Waals surface area (Å²) in [6.07, 6.45) is 4.93. The Morgan fingerprint density at radius 2 is 1.94 bits per heavy atom. The van der Waals surface area contributed by atoms with Crippen molar-refractivity contribution in [1.29, 1.82) is 0 Å². The van der Waals surface area contributed by atoms with E-state index < -0.39 is 5.54 Å². The molecular weight excluding hydrogens is 410 g/mol. The van der Waals surface area contributed by atoms with E-state index in [0.29, 0.717) is 16.3 Å². The highest BCUT2D eigenvalue weighted by Crippen LogP contribution is 2.48. The monoisotopic (exact) mass is 437 g/mol. The van der Waals surface area contributed by atoms with E-state index in [1.54, 1.807) is 19.4 Å². The molecule has 0 spiro atoms. The van der Waals surface area contributed by atoms with Crippen molar-refractivity contribution in [2.45, 2.75) is 31.7 Å². The summed E-state index contributed by atoms with van der Waals surface area (Å²) >= 11 is 6.31. The number of nitrogens with one attached hydrogen (secondary N) is 1. The molecule has 5 nitrogen and oxygen atoms in total. The number of nitrogens with zero attached hydrogens (tertiary/aromatic N) is 2. The number of hydrogen-bond acceptors (Lipinski definition) is 4. The average molecular weight is 438 g/mol. The molecule has 1 aromatic heterocycles. The maximum Gasteiger partial charge on any atom is 0.252 e. The minimum atomic E-state index is -0.390. The lowest BCUT2D eigenvalue weighted by atomic mass is 9.98. The fraction of sp³-hybridized carbons (Fsp3) is 0.360. The molecule has 1 aliphatic carbocycles. The van der Waals surface area contributed by atoms with E-state index in [1.807, 2.05) is 43.3 Å². The van der Waals surface area contributed by atoms with Crippen molar-refractivity contribution in [2.75, 3.05) is 27.2 Å². The Labute approximate surface area is 188 Å². The molecule has 0 radical (unpaired) electrons. The first-order valence-electron chi connectivity index (χ1n) is 10.6. The molecule has 2 fully saturated rings. The number of amides is 1. The molecule has 1 amide bonds. The van der Waals surface area contributed by atoms with Crippen molar-refractivity contribution in [3.05, 3.63) is 70.4 Å². The maximum absolute atomic E-state index is 13.0. The van der Waals surface area contributed by atoms with Crippen LogP contribution in [0.3, 0.4) is 0 Å². The molecule has 162 valence electrons. The van der Waals surface area contributed by atoms with Crippen LogP contribution < -0.4 is 10.1 Å². The van der Waals surface area contributed by atoms with Crippen LogP contribution in [0.15, 0.2) is 48.7 Å². The van der Waals surface area contributed by atoms with Crippen molar-refractivity contribution in [1.82, 2.24) is 15.2 Å². The number of halogens is 1. The van der Waals surface area contributed by atoms with Gasteiger partial charge in [-0.15, -0.1) is 0 Å². The molecule has 0 unspecified atom stereocenters. The molecular formula is C25H28ClN3O2. The summed E-state index contributed by atoms with van der Waals surface area (Å²) in [5.41, 5.74) is 3.02. The van der Waals surface area contributed by atoms with Gasteiger partial charge in [0.1, 0.15) is 5.75 Å². The van der Waals surface area contributed by atoms with Gasteiger partial charge >= 0.3 is 0 Å². The van der Waals surface area contributed by atoms with Crippen LogP contribution in [0.4, 0.5) is 0 Å². The van der Waals surface area contributed by atoms with Gasteiger partial charge in [0.25, 0.3) is 5.91 Å². The predicted octanol–water partition coefficient (Wildman–Crippen LogP) is 4.95. The van der Waals surface area contributed by atoms with Crippen LogP contribution in [-0.2, 0) is 5.54 Å². The smallest absolute Gasteiger partial charge is 0.252 e. The number of carbonyl (C=O) groups excluding carboxylic acids is 1. The lowest BCUT2D eigenvalue weighted by Crippen LogP contribution is -2.35. The third-order valence-electron chi connectivity index (χ3n) is 6.07. The van der Waals surface area contributed by atoms with Gasteiger partial charge in [-0.05, 0) is 87.8 Å². The number of aromatic nitrogens is 1. The zero-order chi connectivity index (χ0) is 22.0. The Bertz CT molecular complexity index is 1110. The van der Waals surface area contributed by atoms with E-state index >= 15 is 0 Å². The van der Waals surface area contributed by atoms with Crippen LogP contribution in [0.2, 0.25) is 5.02 Å². The van der Waals surface area contributed by atoms with Crippen molar-refractivity contribution < 1.29 is 9.53 Å². The number of methoxy groups -OCH3 is 1.